The molecule has 0 aromatic heterocycles. The largest absolute Gasteiger partial charge is 0.391 e. The van der Waals surface area contributed by atoms with Crippen molar-refractivity contribution in [1.29, 1.82) is 0 Å². The number of amides is 1. The van der Waals surface area contributed by atoms with Crippen LogP contribution in [0.3, 0.4) is 0 Å². The van der Waals surface area contributed by atoms with Crippen LogP contribution in [0.1, 0.15) is 55.1 Å². The van der Waals surface area contributed by atoms with Gasteiger partial charge >= 0.3 is 0 Å². The van der Waals surface area contributed by atoms with Crippen LogP contribution in [0.4, 0.5) is 0 Å². The molecular weight excluding hydrogens is 262 g/mol. The van der Waals surface area contributed by atoms with Crippen molar-refractivity contribution in [3.8, 4) is 0 Å². The number of rotatable bonds is 4. The average Bonchev–Trinajstić information content (AvgIpc) is 2.46. The van der Waals surface area contributed by atoms with Crippen LogP contribution in [0.2, 0.25) is 0 Å². The molecule has 0 spiro atoms. The van der Waals surface area contributed by atoms with Gasteiger partial charge in [-0.05, 0) is 54.9 Å². The van der Waals surface area contributed by atoms with Gasteiger partial charge < -0.3 is 10.0 Å². The molecule has 3 heteroatoms. The normalized spacial score (nSPS) is 19.1. The Morgan fingerprint density at radius 1 is 1.38 bits per heavy atom. The van der Waals surface area contributed by atoms with Crippen molar-refractivity contribution >= 4 is 5.91 Å². The molecule has 1 amide bonds. The maximum absolute atomic E-state index is 12.6. The van der Waals surface area contributed by atoms with Crippen LogP contribution in [0, 0.1) is 5.92 Å². The van der Waals surface area contributed by atoms with Gasteiger partial charge in [-0.1, -0.05) is 26.8 Å². The Morgan fingerprint density at radius 2 is 2.14 bits per heavy atom. The molecule has 1 unspecified atom stereocenters. The van der Waals surface area contributed by atoms with Crippen LogP contribution < -0.4 is 0 Å². The van der Waals surface area contributed by atoms with Crippen molar-refractivity contribution in [3.05, 3.63) is 34.9 Å². The fourth-order valence-electron chi connectivity index (χ4n) is 3.06. The lowest BCUT2D eigenvalue weighted by Gasteiger charge is -2.30. The zero-order valence-electron chi connectivity index (χ0n) is 13.4. The molecule has 2 rings (SSSR count). The van der Waals surface area contributed by atoms with Crippen LogP contribution in [0.5, 0.6) is 0 Å². The third kappa shape index (κ3) is 4.07. The summed E-state index contributed by atoms with van der Waals surface area (Å²) in [5, 5.41) is 9.74. The number of carbonyl (C=O) groups is 1. The van der Waals surface area contributed by atoms with E-state index >= 15 is 0 Å². The Hall–Kier alpha value is -1.35. The SMILES string of the molecule is CCc1ccc(C(=O)N2CCCC(O)C2)cc1CC(C)C. The number of aliphatic hydroxyl groups is 1. The Morgan fingerprint density at radius 3 is 2.76 bits per heavy atom. The molecule has 21 heavy (non-hydrogen) atoms. The van der Waals surface area contributed by atoms with Gasteiger partial charge in [0.25, 0.3) is 5.91 Å². The monoisotopic (exact) mass is 289 g/mol. The van der Waals surface area contributed by atoms with E-state index in [9.17, 15) is 9.90 Å². The van der Waals surface area contributed by atoms with E-state index in [4.69, 9.17) is 0 Å². The van der Waals surface area contributed by atoms with Gasteiger partial charge in [0.05, 0.1) is 6.10 Å². The first kappa shape index (κ1) is 16.0. The van der Waals surface area contributed by atoms with E-state index in [2.05, 4.69) is 32.9 Å². The molecule has 1 N–H and O–H groups in total. The van der Waals surface area contributed by atoms with Crippen LogP contribution in [-0.2, 0) is 12.8 Å². The van der Waals surface area contributed by atoms with Crippen LogP contribution in [0.25, 0.3) is 0 Å². The molecule has 0 saturated carbocycles. The lowest BCUT2D eigenvalue weighted by molar-refractivity contribution is 0.0473. The molecule has 116 valence electrons. The first-order chi connectivity index (χ1) is 10.0. The number of benzene rings is 1. The lowest BCUT2D eigenvalue weighted by Crippen LogP contribution is -2.42. The number of hydrogen-bond acceptors (Lipinski definition) is 2. The van der Waals surface area contributed by atoms with E-state index in [0.717, 1.165) is 37.8 Å². The molecule has 1 fully saturated rings. The molecular formula is C18H27NO2. The summed E-state index contributed by atoms with van der Waals surface area (Å²) < 4.78 is 0. The topological polar surface area (TPSA) is 40.5 Å². The van der Waals surface area contributed by atoms with Crippen LogP contribution >= 0.6 is 0 Å². The van der Waals surface area contributed by atoms with Crippen molar-refractivity contribution in [1.82, 2.24) is 4.90 Å². The van der Waals surface area contributed by atoms with Crippen molar-refractivity contribution in [2.24, 2.45) is 5.92 Å². The summed E-state index contributed by atoms with van der Waals surface area (Å²) in [6.07, 6.45) is 3.33. The van der Waals surface area contributed by atoms with Gasteiger partial charge in [0.1, 0.15) is 0 Å². The molecule has 1 aromatic rings. The Balaban J connectivity index is 2.20. The smallest absolute Gasteiger partial charge is 0.253 e. The summed E-state index contributed by atoms with van der Waals surface area (Å²) in [6.45, 7) is 7.78. The second kappa shape index (κ2) is 7.08. The van der Waals surface area contributed by atoms with E-state index in [1.165, 1.54) is 11.1 Å². The quantitative estimate of drug-likeness (QED) is 0.925. The number of aryl methyl sites for hydroxylation is 1. The average molecular weight is 289 g/mol. The van der Waals surface area contributed by atoms with E-state index in [0.29, 0.717) is 12.5 Å². The highest BCUT2D eigenvalue weighted by Crippen LogP contribution is 2.20. The van der Waals surface area contributed by atoms with Gasteiger partial charge in [0.15, 0.2) is 0 Å². The number of β-amino-alcohol motifs (C(OH)–C–C–N with tert-alkyl or cyclic N) is 1. The highest BCUT2D eigenvalue weighted by Gasteiger charge is 2.23. The summed E-state index contributed by atoms with van der Waals surface area (Å²) >= 11 is 0. The molecule has 1 saturated heterocycles. The Kier molecular flexibility index (Phi) is 5.40. The fourth-order valence-corrected chi connectivity index (χ4v) is 3.06. The standard InChI is InChI=1S/C18H27NO2/c1-4-14-7-8-15(11-16(14)10-13(2)3)18(21)19-9-5-6-17(20)12-19/h7-8,11,13,17,20H,4-6,9-10,12H2,1-3H3. The minimum atomic E-state index is -0.368. The number of aliphatic hydroxyl groups excluding tert-OH is 1. The summed E-state index contributed by atoms with van der Waals surface area (Å²) in [6, 6.07) is 6.08. The molecule has 1 aromatic carbocycles. The van der Waals surface area contributed by atoms with Crippen LogP contribution in [0.15, 0.2) is 18.2 Å². The van der Waals surface area contributed by atoms with Gasteiger partial charge in [-0.2, -0.15) is 0 Å². The summed E-state index contributed by atoms with van der Waals surface area (Å²) in [5.74, 6) is 0.638. The second-order valence-electron chi connectivity index (χ2n) is 6.48. The first-order valence-corrected chi connectivity index (χ1v) is 8.10. The van der Waals surface area contributed by atoms with Crippen LogP contribution in [-0.4, -0.2) is 35.1 Å². The predicted molar refractivity (Wildman–Crippen MR) is 85.5 cm³/mol. The van der Waals surface area contributed by atoms with E-state index in [-0.39, 0.29) is 12.0 Å². The molecule has 1 aliphatic heterocycles. The van der Waals surface area contributed by atoms with E-state index < -0.39 is 0 Å². The minimum Gasteiger partial charge on any atom is -0.391 e. The summed E-state index contributed by atoms with van der Waals surface area (Å²) in [5.41, 5.74) is 3.38. The number of likely N-dealkylation sites (tertiary alicyclic amines) is 1. The summed E-state index contributed by atoms with van der Waals surface area (Å²) in [7, 11) is 0. The predicted octanol–water partition coefficient (Wildman–Crippen LogP) is 3.04. The molecule has 1 atom stereocenters. The molecule has 3 nitrogen and oxygen atoms in total. The van der Waals surface area contributed by atoms with Crippen molar-refractivity contribution in [3.63, 3.8) is 0 Å². The number of nitrogens with zero attached hydrogens (tertiary/aromatic N) is 1. The highest BCUT2D eigenvalue weighted by atomic mass is 16.3. The van der Waals surface area contributed by atoms with E-state index in [1.807, 2.05) is 6.07 Å². The number of piperidine rings is 1. The lowest BCUT2D eigenvalue weighted by atomic mass is 9.94. The zero-order chi connectivity index (χ0) is 15.4. The van der Waals surface area contributed by atoms with Crippen molar-refractivity contribution in [2.75, 3.05) is 13.1 Å². The fraction of sp³-hybridized carbons (Fsp3) is 0.611. The summed E-state index contributed by atoms with van der Waals surface area (Å²) in [4.78, 5) is 14.4. The zero-order valence-corrected chi connectivity index (χ0v) is 13.4. The Labute approximate surface area is 128 Å². The first-order valence-electron chi connectivity index (χ1n) is 8.10. The third-order valence-electron chi connectivity index (χ3n) is 4.15. The van der Waals surface area contributed by atoms with Crippen molar-refractivity contribution < 1.29 is 9.90 Å². The maximum Gasteiger partial charge on any atom is 0.253 e. The number of carbonyl (C=O) groups excluding carboxylic acids is 1. The molecule has 1 heterocycles. The highest BCUT2D eigenvalue weighted by molar-refractivity contribution is 5.94. The van der Waals surface area contributed by atoms with Gasteiger partial charge in [-0.15, -0.1) is 0 Å². The van der Waals surface area contributed by atoms with E-state index in [1.54, 1.807) is 4.90 Å². The molecule has 1 aliphatic rings. The molecule has 0 radical (unpaired) electrons. The molecule has 0 aliphatic carbocycles. The van der Waals surface area contributed by atoms with Gasteiger partial charge in [-0.25, -0.2) is 0 Å². The van der Waals surface area contributed by atoms with Gasteiger partial charge in [0.2, 0.25) is 0 Å². The second-order valence-corrected chi connectivity index (χ2v) is 6.48. The maximum atomic E-state index is 12.6. The minimum absolute atomic E-state index is 0.0569. The number of hydrogen-bond donors (Lipinski definition) is 1. The van der Waals surface area contributed by atoms with Gasteiger partial charge in [0, 0.05) is 18.7 Å². The molecule has 0 bridgehead atoms. The third-order valence-corrected chi connectivity index (χ3v) is 4.15. The van der Waals surface area contributed by atoms with Gasteiger partial charge in [-0.3, -0.25) is 4.79 Å². The Bertz CT molecular complexity index is 496. The van der Waals surface area contributed by atoms with Crippen molar-refractivity contribution in [2.45, 2.75) is 52.6 Å².